The lowest BCUT2D eigenvalue weighted by molar-refractivity contribution is 0.0365. The highest BCUT2D eigenvalue weighted by Crippen LogP contribution is 2.33. The summed E-state index contributed by atoms with van der Waals surface area (Å²) in [6.45, 7) is 31.4. The zero-order valence-electron chi connectivity index (χ0n) is 29.0. The van der Waals surface area contributed by atoms with Gasteiger partial charge in [0.15, 0.2) is 0 Å². The van der Waals surface area contributed by atoms with E-state index in [1.807, 2.05) is 0 Å². The largest absolute Gasteiger partial charge is 0.301 e. The Balaban J connectivity index is 0.916. The van der Waals surface area contributed by atoms with Gasteiger partial charge < -0.3 is 9.80 Å². The van der Waals surface area contributed by atoms with Gasteiger partial charge in [0, 0.05) is 81.6 Å². The van der Waals surface area contributed by atoms with E-state index < -0.39 is 0 Å². The minimum absolute atomic E-state index is 0.698. The van der Waals surface area contributed by atoms with Crippen molar-refractivity contribution in [2.24, 2.45) is 11.8 Å². The number of nitrogens with zero attached hydrogens (tertiary/aromatic N) is 6. The van der Waals surface area contributed by atoms with Gasteiger partial charge in [-0.2, -0.15) is 0 Å². The summed E-state index contributed by atoms with van der Waals surface area (Å²) in [5.74, 6) is 1.86. The van der Waals surface area contributed by atoms with Crippen LogP contribution in [0.15, 0.2) is 0 Å². The number of likely N-dealkylation sites (tertiary alicyclic amines) is 4. The topological polar surface area (TPSA) is 19.4 Å². The fraction of sp³-hybridized carbons (Fsp3) is 1.00. The summed E-state index contributed by atoms with van der Waals surface area (Å²) < 4.78 is 0. The molecule has 0 aromatic heterocycles. The maximum atomic E-state index is 2.83. The molecular formula is C36H70N6. The minimum atomic E-state index is 0.698. The Morgan fingerprint density at radius 3 is 1.67 bits per heavy atom. The Labute approximate surface area is 261 Å². The number of hydrogen-bond donors (Lipinski definition) is 0. The highest BCUT2D eigenvalue weighted by atomic mass is 15.4. The van der Waals surface area contributed by atoms with E-state index in [0.29, 0.717) is 6.04 Å². The van der Waals surface area contributed by atoms with Crippen molar-refractivity contribution in [2.75, 3.05) is 72.0 Å². The Morgan fingerprint density at radius 2 is 1.14 bits per heavy atom. The summed E-state index contributed by atoms with van der Waals surface area (Å²) >= 11 is 0. The molecule has 42 heavy (non-hydrogen) atoms. The molecule has 5 aliphatic rings. The predicted molar refractivity (Wildman–Crippen MR) is 179 cm³/mol. The van der Waals surface area contributed by atoms with Crippen molar-refractivity contribution >= 4 is 0 Å². The molecule has 6 heteroatoms. The molecule has 0 saturated carbocycles. The van der Waals surface area contributed by atoms with E-state index in [-0.39, 0.29) is 0 Å². The minimum Gasteiger partial charge on any atom is -0.301 e. The van der Waals surface area contributed by atoms with Crippen LogP contribution in [0, 0.1) is 11.8 Å². The molecule has 5 fully saturated rings. The highest BCUT2D eigenvalue weighted by molar-refractivity contribution is 5.00. The van der Waals surface area contributed by atoms with Gasteiger partial charge in [-0.15, -0.1) is 0 Å². The third-order valence-electron chi connectivity index (χ3n) is 12.9. The Bertz CT molecular complexity index is 780. The molecule has 2 bridgehead atoms. The molecule has 5 aliphatic heterocycles. The standard InChI is InChI=1S/C36H70N6/c1-28(2)37-21-23-40(24-22-37)32(7)34-14-19-39(20-15-34)31(6)11-10-30(5)38-17-12-33(13-18-38)9-8-16-41-26-36-25-35(41)27-42(36)29(3)4/h28-36H,8-27H2,1-7H3/t30?,31?,32-,35-,36-/m1/s1. The molecule has 244 valence electrons. The summed E-state index contributed by atoms with van der Waals surface area (Å²) in [4.78, 5) is 16.7. The Kier molecular flexibility index (Phi) is 12.1. The quantitative estimate of drug-likeness (QED) is 0.289. The molecule has 0 aliphatic carbocycles. The first-order chi connectivity index (χ1) is 20.2. The van der Waals surface area contributed by atoms with Crippen LogP contribution in [0.1, 0.15) is 106 Å². The monoisotopic (exact) mass is 587 g/mol. The molecule has 6 nitrogen and oxygen atoms in total. The van der Waals surface area contributed by atoms with E-state index in [9.17, 15) is 0 Å². The molecule has 0 radical (unpaired) electrons. The average Bonchev–Trinajstić information content (AvgIpc) is 3.61. The van der Waals surface area contributed by atoms with Gasteiger partial charge in [0.05, 0.1) is 0 Å². The van der Waals surface area contributed by atoms with Crippen LogP contribution in [-0.2, 0) is 0 Å². The molecule has 0 N–H and O–H groups in total. The molecule has 0 aromatic carbocycles. The van der Waals surface area contributed by atoms with Gasteiger partial charge in [0.1, 0.15) is 0 Å². The van der Waals surface area contributed by atoms with Crippen molar-refractivity contribution in [3.05, 3.63) is 0 Å². The van der Waals surface area contributed by atoms with Gasteiger partial charge in [-0.25, -0.2) is 0 Å². The van der Waals surface area contributed by atoms with Crippen LogP contribution >= 0.6 is 0 Å². The summed E-state index contributed by atoms with van der Waals surface area (Å²) in [6.07, 6.45) is 12.7. The van der Waals surface area contributed by atoms with Gasteiger partial charge in [0.25, 0.3) is 0 Å². The van der Waals surface area contributed by atoms with E-state index in [1.165, 1.54) is 130 Å². The van der Waals surface area contributed by atoms with E-state index in [0.717, 1.165) is 48.1 Å². The third kappa shape index (κ3) is 8.31. The van der Waals surface area contributed by atoms with Crippen molar-refractivity contribution in [3.8, 4) is 0 Å². The van der Waals surface area contributed by atoms with Crippen LogP contribution in [0.25, 0.3) is 0 Å². The first kappa shape index (κ1) is 33.1. The van der Waals surface area contributed by atoms with Crippen molar-refractivity contribution in [2.45, 2.75) is 149 Å². The number of piperidine rings is 2. The lowest BCUT2D eigenvalue weighted by atomic mass is 9.88. The van der Waals surface area contributed by atoms with Gasteiger partial charge >= 0.3 is 0 Å². The second-order valence-corrected chi connectivity index (χ2v) is 16.0. The van der Waals surface area contributed by atoms with Crippen LogP contribution in [0.2, 0.25) is 0 Å². The van der Waals surface area contributed by atoms with Gasteiger partial charge in [-0.05, 0) is 151 Å². The number of hydrogen-bond acceptors (Lipinski definition) is 6. The fourth-order valence-corrected chi connectivity index (χ4v) is 9.60. The second-order valence-electron chi connectivity index (χ2n) is 16.0. The lowest BCUT2D eigenvalue weighted by Crippen LogP contribution is -2.54. The van der Waals surface area contributed by atoms with E-state index >= 15 is 0 Å². The van der Waals surface area contributed by atoms with Crippen molar-refractivity contribution in [1.29, 1.82) is 0 Å². The zero-order chi connectivity index (χ0) is 29.8. The fourth-order valence-electron chi connectivity index (χ4n) is 9.60. The molecule has 0 aromatic rings. The van der Waals surface area contributed by atoms with Crippen LogP contribution in [-0.4, -0.2) is 144 Å². The normalized spacial score (nSPS) is 31.1. The van der Waals surface area contributed by atoms with Crippen LogP contribution in [0.5, 0.6) is 0 Å². The van der Waals surface area contributed by atoms with Crippen LogP contribution < -0.4 is 0 Å². The Hall–Kier alpha value is -0.240. The lowest BCUT2D eigenvalue weighted by Gasteiger charge is -2.45. The maximum Gasteiger partial charge on any atom is 0.0242 e. The summed E-state index contributed by atoms with van der Waals surface area (Å²) in [5, 5.41) is 0. The molecule has 5 saturated heterocycles. The SMILES string of the molecule is CC(C)N1CCN([C@H](C)C2CCN(C(C)CCC(C)N3CCC(CCCN4C[C@H]5C[C@@H]4CN5C(C)C)CC3)CC2)CC1. The number of rotatable bonds is 13. The molecule has 5 atom stereocenters. The van der Waals surface area contributed by atoms with Crippen molar-refractivity contribution < 1.29 is 0 Å². The molecule has 2 unspecified atom stereocenters. The maximum absolute atomic E-state index is 2.83. The van der Waals surface area contributed by atoms with Gasteiger partial charge in [-0.3, -0.25) is 19.6 Å². The number of piperazine rings is 2. The van der Waals surface area contributed by atoms with Gasteiger partial charge in [-0.1, -0.05) is 0 Å². The van der Waals surface area contributed by atoms with Crippen LogP contribution in [0.3, 0.4) is 0 Å². The van der Waals surface area contributed by atoms with E-state index in [2.05, 4.69) is 77.9 Å². The van der Waals surface area contributed by atoms with Crippen molar-refractivity contribution in [3.63, 3.8) is 0 Å². The number of fused-ring (bicyclic) bond motifs is 2. The van der Waals surface area contributed by atoms with E-state index in [1.54, 1.807) is 0 Å². The van der Waals surface area contributed by atoms with E-state index in [4.69, 9.17) is 0 Å². The molecule has 0 amide bonds. The summed E-state index contributed by atoms with van der Waals surface area (Å²) in [5.41, 5.74) is 0. The predicted octanol–water partition coefficient (Wildman–Crippen LogP) is 5.33. The summed E-state index contributed by atoms with van der Waals surface area (Å²) in [7, 11) is 0. The second kappa shape index (κ2) is 15.4. The average molecular weight is 587 g/mol. The zero-order valence-corrected chi connectivity index (χ0v) is 29.0. The van der Waals surface area contributed by atoms with Gasteiger partial charge in [0.2, 0.25) is 0 Å². The summed E-state index contributed by atoms with van der Waals surface area (Å²) in [6, 6.07) is 5.37. The Morgan fingerprint density at radius 1 is 0.571 bits per heavy atom. The molecular weight excluding hydrogens is 516 g/mol. The van der Waals surface area contributed by atoms with Crippen LogP contribution in [0.4, 0.5) is 0 Å². The molecule has 0 spiro atoms. The van der Waals surface area contributed by atoms with Crippen molar-refractivity contribution in [1.82, 2.24) is 29.4 Å². The highest BCUT2D eigenvalue weighted by Gasteiger charge is 2.43. The molecule has 5 rings (SSSR count). The molecule has 5 heterocycles. The smallest absolute Gasteiger partial charge is 0.0242 e. The third-order valence-corrected chi connectivity index (χ3v) is 12.9. The first-order valence-electron chi connectivity index (χ1n) is 18.7. The first-order valence-corrected chi connectivity index (χ1v) is 18.7.